The van der Waals surface area contributed by atoms with Gasteiger partial charge in [-0.2, -0.15) is 0 Å². The number of sulfonamides is 1. The quantitative estimate of drug-likeness (QED) is 0.453. The Bertz CT molecular complexity index is 629. The summed E-state index contributed by atoms with van der Waals surface area (Å²) in [6, 6.07) is 4.19. The van der Waals surface area contributed by atoms with Gasteiger partial charge in [0.25, 0.3) is 0 Å². The molecule has 20 heavy (non-hydrogen) atoms. The minimum atomic E-state index is -4.01. The van der Waals surface area contributed by atoms with Crippen LogP contribution in [0.3, 0.4) is 0 Å². The van der Waals surface area contributed by atoms with Gasteiger partial charge in [0.1, 0.15) is 4.90 Å². The first-order valence-corrected chi connectivity index (χ1v) is 6.97. The molecule has 1 aromatic carbocycles. The second-order valence-corrected chi connectivity index (χ2v) is 5.37. The summed E-state index contributed by atoms with van der Waals surface area (Å²) in [4.78, 5) is 21.5. The molecular formula is C10H15N5O4S. The van der Waals surface area contributed by atoms with Crippen LogP contribution in [-0.2, 0) is 19.6 Å². The molecule has 0 heterocycles. The first kappa shape index (κ1) is 15.7. The van der Waals surface area contributed by atoms with Crippen molar-refractivity contribution < 1.29 is 18.0 Å². The number of carbonyl (C=O) groups excluding carboxylic acids is 2. The van der Waals surface area contributed by atoms with E-state index in [2.05, 4.69) is 21.7 Å². The summed E-state index contributed by atoms with van der Waals surface area (Å²) < 4.78 is 23.0. The van der Waals surface area contributed by atoms with Crippen molar-refractivity contribution in [1.29, 1.82) is 0 Å². The van der Waals surface area contributed by atoms with Crippen LogP contribution in [-0.4, -0.2) is 20.2 Å². The van der Waals surface area contributed by atoms with Gasteiger partial charge in [-0.3, -0.25) is 31.3 Å². The number of anilines is 2. The third-order valence-corrected chi connectivity index (χ3v) is 3.02. The molecule has 0 spiro atoms. The molecule has 2 amide bonds. The number of nitrogens with one attached hydrogen (secondary N) is 4. The summed E-state index contributed by atoms with van der Waals surface area (Å²) >= 11 is 0. The van der Waals surface area contributed by atoms with Crippen LogP contribution < -0.4 is 26.8 Å². The highest BCUT2D eigenvalue weighted by molar-refractivity contribution is 7.89. The summed E-state index contributed by atoms with van der Waals surface area (Å²) in [5.74, 6) is -0.809. The van der Waals surface area contributed by atoms with Crippen molar-refractivity contribution in [3.63, 3.8) is 0 Å². The van der Waals surface area contributed by atoms with Crippen molar-refractivity contribution in [2.75, 3.05) is 10.9 Å². The van der Waals surface area contributed by atoms with E-state index in [1.807, 2.05) is 0 Å². The molecule has 10 heteroatoms. The zero-order chi connectivity index (χ0) is 15.3. The standard InChI is InChI=1S/C10H15N5O4S/c1-6(16)12-14-8-4-3-5-9(20(11,18)19)10(8)15-13-7(2)17/h3-5,14-15H,1-2H3,(H,12,16)(H,13,17)(H2,11,18,19). The molecule has 0 saturated carbocycles. The summed E-state index contributed by atoms with van der Waals surface area (Å²) in [6.45, 7) is 2.52. The van der Waals surface area contributed by atoms with Crippen molar-refractivity contribution in [3.8, 4) is 0 Å². The van der Waals surface area contributed by atoms with E-state index in [1.165, 1.54) is 32.0 Å². The molecule has 0 atom stereocenters. The summed E-state index contributed by atoms with van der Waals surface area (Å²) in [5, 5.41) is 5.09. The van der Waals surface area contributed by atoms with E-state index in [4.69, 9.17) is 5.14 Å². The molecule has 6 N–H and O–H groups in total. The number of primary sulfonamides is 1. The topological polar surface area (TPSA) is 142 Å². The molecule has 0 radical (unpaired) electrons. The van der Waals surface area contributed by atoms with E-state index in [-0.39, 0.29) is 22.2 Å². The van der Waals surface area contributed by atoms with E-state index < -0.39 is 15.9 Å². The van der Waals surface area contributed by atoms with Crippen LogP contribution in [0.25, 0.3) is 0 Å². The fourth-order valence-corrected chi connectivity index (χ4v) is 2.02. The largest absolute Gasteiger partial charge is 0.296 e. The maximum absolute atomic E-state index is 11.5. The molecule has 0 saturated heterocycles. The number of amides is 2. The van der Waals surface area contributed by atoms with Gasteiger partial charge < -0.3 is 0 Å². The van der Waals surface area contributed by atoms with Crippen molar-refractivity contribution in [2.45, 2.75) is 18.7 Å². The lowest BCUT2D eigenvalue weighted by molar-refractivity contribution is -0.119. The second-order valence-electron chi connectivity index (χ2n) is 3.84. The van der Waals surface area contributed by atoms with Crippen molar-refractivity contribution >= 4 is 33.2 Å². The van der Waals surface area contributed by atoms with Crippen molar-refractivity contribution in [1.82, 2.24) is 10.9 Å². The van der Waals surface area contributed by atoms with Crippen molar-refractivity contribution in [3.05, 3.63) is 18.2 Å². The number of nitrogens with two attached hydrogens (primary N) is 1. The van der Waals surface area contributed by atoms with Crippen LogP contribution in [0.2, 0.25) is 0 Å². The highest BCUT2D eigenvalue weighted by Gasteiger charge is 2.17. The molecule has 9 nitrogen and oxygen atoms in total. The van der Waals surface area contributed by atoms with Gasteiger partial charge in [-0.15, -0.1) is 0 Å². The Balaban J connectivity index is 3.21. The Morgan fingerprint density at radius 2 is 1.60 bits per heavy atom. The molecule has 0 aromatic heterocycles. The van der Waals surface area contributed by atoms with Gasteiger partial charge in [0.05, 0.1) is 11.4 Å². The molecule has 0 aliphatic carbocycles. The van der Waals surface area contributed by atoms with Crippen LogP contribution >= 0.6 is 0 Å². The molecular weight excluding hydrogens is 286 g/mol. The lowest BCUT2D eigenvalue weighted by atomic mass is 10.3. The predicted octanol–water partition coefficient (Wildman–Crippen LogP) is -0.740. The number of para-hydroxylation sites is 1. The monoisotopic (exact) mass is 301 g/mol. The van der Waals surface area contributed by atoms with E-state index in [0.29, 0.717) is 0 Å². The maximum Gasteiger partial charge on any atom is 0.240 e. The summed E-state index contributed by atoms with van der Waals surface area (Å²) in [7, 11) is -4.01. The van der Waals surface area contributed by atoms with Gasteiger partial charge in [-0.25, -0.2) is 13.6 Å². The van der Waals surface area contributed by atoms with Gasteiger partial charge in [-0.05, 0) is 12.1 Å². The van der Waals surface area contributed by atoms with Gasteiger partial charge in [-0.1, -0.05) is 6.07 Å². The van der Waals surface area contributed by atoms with E-state index in [1.54, 1.807) is 0 Å². The molecule has 0 fully saturated rings. The van der Waals surface area contributed by atoms with Crippen molar-refractivity contribution in [2.24, 2.45) is 5.14 Å². The number of rotatable bonds is 5. The lowest BCUT2D eigenvalue weighted by Gasteiger charge is -2.16. The van der Waals surface area contributed by atoms with E-state index >= 15 is 0 Å². The van der Waals surface area contributed by atoms with E-state index in [9.17, 15) is 18.0 Å². The van der Waals surface area contributed by atoms with Crippen LogP contribution in [0, 0.1) is 0 Å². The molecule has 1 aromatic rings. The number of hydrogen-bond acceptors (Lipinski definition) is 6. The van der Waals surface area contributed by atoms with Gasteiger partial charge in [0.2, 0.25) is 21.8 Å². The van der Waals surface area contributed by atoms with Crippen LogP contribution in [0.5, 0.6) is 0 Å². The Labute approximate surface area is 115 Å². The summed E-state index contributed by atoms with van der Waals surface area (Å²) in [5.41, 5.74) is 9.72. The van der Waals surface area contributed by atoms with Crippen LogP contribution in [0.4, 0.5) is 11.4 Å². The fourth-order valence-electron chi connectivity index (χ4n) is 1.31. The van der Waals surface area contributed by atoms with Crippen LogP contribution in [0.1, 0.15) is 13.8 Å². The number of benzene rings is 1. The number of hydrogen-bond donors (Lipinski definition) is 5. The first-order valence-electron chi connectivity index (χ1n) is 5.43. The first-order chi connectivity index (χ1) is 9.21. The molecule has 1 rings (SSSR count). The minimum absolute atomic E-state index is 0.0129. The maximum atomic E-state index is 11.5. The zero-order valence-electron chi connectivity index (χ0n) is 10.9. The summed E-state index contributed by atoms with van der Waals surface area (Å²) in [6.07, 6.45) is 0. The molecule has 0 aliphatic heterocycles. The van der Waals surface area contributed by atoms with E-state index in [0.717, 1.165) is 0 Å². The highest BCUT2D eigenvalue weighted by Crippen LogP contribution is 2.27. The number of hydrazine groups is 2. The molecule has 110 valence electrons. The molecule has 0 bridgehead atoms. The third-order valence-electron chi connectivity index (χ3n) is 2.07. The Hall–Kier alpha value is -2.33. The zero-order valence-corrected chi connectivity index (χ0v) is 11.7. The third kappa shape index (κ3) is 4.40. The predicted molar refractivity (Wildman–Crippen MR) is 72.7 cm³/mol. The average Bonchev–Trinajstić information content (AvgIpc) is 2.32. The minimum Gasteiger partial charge on any atom is -0.296 e. The van der Waals surface area contributed by atoms with Crippen LogP contribution in [0.15, 0.2) is 23.1 Å². The fraction of sp³-hybridized carbons (Fsp3) is 0.200. The Morgan fingerprint density at radius 1 is 1.05 bits per heavy atom. The Morgan fingerprint density at radius 3 is 2.10 bits per heavy atom. The lowest BCUT2D eigenvalue weighted by Crippen LogP contribution is -2.31. The smallest absolute Gasteiger partial charge is 0.240 e. The molecule has 0 aliphatic rings. The Kier molecular flexibility index (Phi) is 4.88. The normalized spacial score (nSPS) is 10.6. The van der Waals surface area contributed by atoms with Gasteiger partial charge in [0.15, 0.2) is 0 Å². The van der Waals surface area contributed by atoms with Gasteiger partial charge >= 0.3 is 0 Å². The van der Waals surface area contributed by atoms with Gasteiger partial charge in [0, 0.05) is 13.8 Å². The second kappa shape index (κ2) is 6.21. The SMILES string of the molecule is CC(=O)NNc1cccc(S(N)(=O)=O)c1NNC(C)=O. The molecule has 0 unspecified atom stereocenters. The average molecular weight is 301 g/mol. The number of carbonyl (C=O) groups is 2. The highest BCUT2D eigenvalue weighted by atomic mass is 32.2.